The van der Waals surface area contributed by atoms with Crippen LogP contribution in [0.5, 0.6) is 0 Å². The predicted molar refractivity (Wildman–Crippen MR) is 131 cm³/mol. The van der Waals surface area contributed by atoms with Crippen LogP contribution in [0.4, 0.5) is 65.9 Å². The van der Waals surface area contributed by atoms with E-state index in [0.717, 1.165) is 12.8 Å². The van der Waals surface area contributed by atoms with Crippen molar-refractivity contribution in [2.24, 2.45) is 0 Å². The molecule has 2 aliphatic rings. The van der Waals surface area contributed by atoms with Crippen LogP contribution >= 0.6 is 9.30 Å². The molecule has 0 saturated heterocycles. The first kappa shape index (κ1) is 38.1. The first-order valence-corrected chi connectivity index (χ1v) is 14.1. The number of rotatable bonds is 4. The quantitative estimate of drug-likeness (QED) is 0.119. The van der Waals surface area contributed by atoms with E-state index in [-0.39, 0.29) is 0 Å². The molecule has 46 heavy (non-hydrogen) atoms. The zero-order valence-corrected chi connectivity index (χ0v) is 24.1. The molecule has 238 valence electrons. The average Bonchev–Trinajstić information content (AvgIpc) is 3.82. The van der Waals surface area contributed by atoms with Gasteiger partial charge in [-0.05, 0) is 44.9 Å². The fourth-order valence-electron chi connectivity index (χ4n) is 4.94. The average molecular weight is 724 g/mol. The van der Waals surface area contributed by atoms with Gasteiger partial charge in [-0.1, -0.05) is 12.8 Å². The number of benzene rings is 3. The fraction of sp³-hybridized carbons (Fsp3) is 0. The summed E-state index contributed by atoms with van der Waals surface area (Å²) < 4.78 is 219. The van der Waals surface area contributed by atoms with Crippen LogP contribution in [0.25, 0.3) is 0 Å². The summed E-state index contributed by atoms with van der Waals surface area (Å²) in [6, 6.07) is 0. The zero-order chi connectivity index (χ0) is 34.8. The molecule has 5 rings (SSSR count). The predicted octanol–water partition coefficient (Wildman–Crippen LogP) is 6.90. The molecule has 0 unspecified atom stereocenters. The second-order valence-electron chi connectivity index (χ2n) is 9.00. The summed E-state index contributed by atoms with van der Waals surface area (Å²) in [4.78, 5) is 0. The van der Waals surface area contributed by atoms with E-state index in [1.807, 2.05) is 32.1 Å². The zero-order valence-electron chi connectivity index (χ0n) is 21.8. The molecule has 0 atom stereocenters. The van der Waals surface area contributed by atoms with Gasteiger partial charge in [-0.3, -0.25) is 0 Å². The summed E-state index contributed by atoms with van der Waals surface area (Å²) in [5, 5.41) is 0. The number of halogens is 16. The molecule has 0 spiro atoms. The Kier molecular flexibility index (Phi) is 12.7. The van der Waals surface area contributed by atoms with Gasteiger partial charge in [0.05, 0.1) is 0 Å². The monoisotopic (exact) mass is 724 g/mol. The Morgan fingerprint density at radius 2 is 0.478 bits per heavy atom. The van der Waals surface area contributed by atoms with E-state index in [2.05, 4.69) is 9.30 Å². The summed E-state index contributed by atoms with van der Waals surface area (Å²) >= 11 is 1.47. The summed E-state index contributed by atoms with van der Waals surface area (Å²) in [5.41, 5.74) is -7.99. The summed E-state index contributed by atoms with van der Waals surface area (Å²) in [6.07, 6.45) is 6.58. The third-order valence-corrected chi connectivity index (χ3v) is 6.77. The van der Waals surface area contributed by atoms with Crippen LogP contribution in [0.3, 0.4) is 0 Å². The van der Waals surface area contributed by atoms with Crippen molar-refractivity contribution < 1.29 is 85.2 Å². The molecule has 2 fully saturated rings. The third kappa shape index (κ3) is 6.18. The van der Waals surface area contributed by atoms with Gasteiger partial charge < -0.3 is 0 Å². The molecule has 2 aliphatic carbocycles. The molecule has 0 amide bonds. The second kappa shape index (κ2) is 15.3. The Balaban J connectivity index is 0.000000737. The van der Waals surface area contributed by atoms with Crippen molar-refractivity contribution in [2.75, 3.05) is 0 Å². The van der Waals surface area contributed by atoms with Crippen LogP contribution < -0.4 is 16.4 Å². The molecular formula is C28H9BClF15Ti+2. The summed E-state index contributed by atoms with van der Waals surface area (Å²) in [6.45, 7) is 0. The molecule has 0 bridgehead atoms. The van der Waals surface area contributed by atoms with Crippen LogP contribution in [0.2, 0.25) is 0 Å². The van der Waals surface area contributed by atoms with E-state index in [0.29, 0.717) is 12.8 Å². The van der Waals surface area contributed by atoms with Gasteiger partial charge in [-0.15, -0.1) is 16.4 Å². The fourth-order valence-corrected chi connectivity index (χ4v) is 4.94. The van der Waals surface area contributed by atoms with Gasteiger partial charge in [0, 0.05) is 0 Å². The third-order valence-electron chi connectivity index (χ3n) is 6.77. The molecule has 2 saturated carbocycles. The van der Waals surface area contributed by atoms with Crippen LogP contribution in [0.1, 0.15) is 0 Å². The Morgan fingerprint density at radius 1 is 0.304 bits per heavy atom. The van der Waals surface area contributed by atoms with Gasteiger partial charge in [0.25, 0.3) is 0 Å². The van der Waals surface area contributed by atoms with E-state index in [9.17, 15) is 39.5 Å². The Morgan fingerprint density at radius 3 is 0.674 bits per heavy atom. The number of hydrogen-bond acceptors (Lipinski definition) is 0. The molecule has 0 heterocycles. The molecular weight excluding hydrogens is 715 g/mol. The van der Waals surface area contributed by atoms with Crippen molar-refractivity contribution in [1.29, 1.82) is 0 Å². The molecule has 0 N–H and O–H groups in total. The number of hydrogen-bond donors (Lipinski definition) is 0. The molecule has 18 heteroatoms. The Bertz CT molecular complexity index is 1360. The maximum atomic E-state index is 15.2. The van der Waals surface area contributed by atoms with Crippen molar-refractivity contribution in [3.8, 4) is 0 Å². The van der Waals surface area contributed by atoms with Gasteiger partial charge >= 0.3 is 28.7 Å². The minimum absolute atomic E-state index is 0.397. The van der Waals surface area contributed by atoms with Gasteiger partial charge in [0.15, 0.2) is 52.4 Å². The van der Waals surface area contributed by atoms with E-state index < -0.39 is 116 Å². The Hall–Kier alpha value is -2.32. The van der Waals surface area contributed by atoms with Gasteiger partial charge in [-0.25, -0.2) is 65.9 Å². The molecule has 3 aromatic rings. The SMILES string of the molecule is Fc1c(F)c(F)c([B-]([C]2[CH][CH][CH][CH]2)(c2c(F)c(F)c(F)c(F)c2F)c2c(F)c(F)c(F)c(F)c2F)c(F)c1F.[CH]1[CH][CH][CH][CH]1.[Cl][Ti+3]. The summed E-state index contributed by atoms with van der Waals surface area (Å²) in [5.74, 6) is -46.7. The molecule has 10 radical (unpaired) electrons. The van der Waals surface area contributed by atoms with Crippen LogP contribution in [-0.4, -0.2) is 6.15 Å². The summed E-state index contributed by atoms with van der Waals surface area (Å²) in [7, 11) is 4.64. The van der Waals surface area contributed by atoms with Crippen LogP contribution in [0, 0.1) is 151 Å². The topological polar surface area (TPSA) is 0 Å². The maximum absolute atomic E-state index is 15.2. The molecule has 3 aromatic carbocycles. The standard InChI is InChI=1S/C23H4BF15.C5H5.ClH.Ti/c25-9-6(10(26)16(32)21(37)15(9)31)24(5-3-1-2-4-5,7-11(27)17(33)22(38)18(34)12(7)28)8-13(29)19(35)23(39)20(36)14(8)30;1-2-4-5-3-1;;/h1-4H;1-5H;1H;/q-1;;;+4/p-1. The normalized spacial score (nSPS) is 15.1. The van der Waals surface area contributed by atoms with E-state index in [4.69, 9.17) is 0 Å². The minimum atomic E-state index is -5.68. The van der Waals surface area contributed by atoms with E-state index in [1.54, 1.807) is 0 Å². The molecule has 0 nitrogen and oxygen atoms in total. The molecule has 0 aromatic heterocycles. The first-order valence-electron chi connectivity index (χ1n) is 11.9. The molecule has 0 aliphatic heterocycles. The van der Waals surface area contributed by atoms with Crippen LogP contribution in [-0.2, 0) is 19.4 Å². The van der Waals surface area contributed by atoms with Crippen LogP contribution in [0.15, 0.2) is 0 Å². The van der Waals surface area contributed by atoms with Crippen molar-refractivity contribution >= 4 is 31.8 Å². The van der Waals surface area contributed by atoms with Crippen molar-refractivity contribution in [1.82, 2.24) is 0 Å². The van der Waals surface area contributed by atoms with Crippen molar-refractivity contribution in [3.63, 3.8) is 0 Å². The Labute approximate surface area is 267 Å². The van der Waals surface area contributed by atoms with Gasteiger partial charge in [0.2, 0.25) is 0 Å². The van der Waals surface area contributed by atoms with E-state index in [1.165, 1.54) is 19.4 Å². The van der Waals surface area contributed by atoms with Crippen molar-refractivity contribution in [3.05, 3.63) is 151 Å². The second-order valence-corrected chi connectivity index (χ2v) is 9.00. The van der Waals surface area contributed by atoms with Gasteiger partial charge in [-0.2, -0.15) is 5.82 Å². The van der Waals surface area contributed by atoms with Crippen molar-refractivity contribution in [2.45, 2.75) is 0 Å². The first-order chi connectivity index (χ1) is 21.6. The van der Waals surface area contributed by atoms with E-state index >= 15 is 26.3 Å². The van der Waals surface area contributed by atoms with Gasteiger partial charge in [0.1, 0.15) is 41.0 Å².